The Hall–Kier alpha value is -2.91. The number of hydrogen-bond acceptors (Lipinski definition) is 8. The van der Waals surface area contributed by atoms with E-state index >= 15 is 0 Å². The first-order valence-electron chi connectivity index (χ1n) is 9.86. The number of benzene rings is 1. The molecule has 0 aliphatic rings. The lowest BCUT2D eigenvalue weighted by Crippen LogP contribution is -2.28. The van der Waals surface area contributed by atoms with E-state index < -0.39 is 12.1 Å². The quantitative estimate of drug-likeness (QED) is 0.372. The van der Waals surface area contributed by atoms with Crippen LogP contribution in [0.5, 0.6) is 5.75 Å². The third-order valence-electron chi connectivity index (χ3n) is 4.35. The summed E-state index contributed by atoms with van der Waals surface area (Å²) in [5.41, 5.74) is 0.409. The number of aliphatic hydroxyl groups excluding tert-OH is 1. The van der Waals surface area contributed by atoms with Crippen LogP contribution in [0.1, 0.15) is 36.5 Å². The van der Waals surface area contributed by atoms with Crippen molar-refractivity contribution in [3.8, 4) is 5.75 Å². The van der Waals surface area contributed by atoms with Crippen molar-refractivity contribution in [2.24, 2.45) is 0 Å². The first-order chi connectivity index (χ1) is 14.8. The number of anilines is 1. The number of hydrogen-bond donors (Lipinski definition) is 2. The average molecular weight is 452 g/mol. The molecule has 1 unspecified atom stereocenters. The van der Waals surface area contributed by atoms with E-state index in [0.29, 0.717) is 23.5 Å². The number of esters is 1. The van der Waals surface area contributed by atoms with Crippen LogP contribution in [-0.2, 0) is 16.1 Å². The van der Waals surface area contributed by atoms with E-state index in [4.69, 9.17) is 16.3 Å². The zero-order chi connectivity index (χ0) is 22.8. The molecule has 1 aromatic heterocycles. The van der Waals surface area contributed by atoms with Gasteiger partial charge in [-0.2, -0.15) is 5.10 Å². The first-order valence-corrected chi connectivity index (χ1v) is 10.2. The molecule has 2 aromatic rings. The minimum Gasteiger partial charge on any atom is -0.491 e. The Morgan fingerprint density at radius 3 is 2.61 bits per heavy atom. The van der Waals surface area contributed by atoms with Gasteiger partial charge in [0.25, 0.3) is 5.56 Å². The summed E-state index contributed by atoms with van der Waals surface area (Å²) in [7, 11) is 1.28. The Balaban J connectivity index is 1.82. The smallest absolute Gasteiger partial charge is 0.305 e. The van der Waals surface area contributed by atoms with E-state index in [-0.39, 0.29) is 42.4 Å². The maximum Gasteiger partial charge on any atom is 0.305 e. The lowest BCUT2D eigenvalue weighted by atomic mass is 10.1. The van der Waals surface area contributed by atoms with E-state index in [9.17, 15) is 19.5 Å². The molecule has 10 heteroatoms. The summed E-state index contributed by atoms with van der Waals surface area (Å²) in [5, 5.41) is 17.1. The topological polar surface area (TPSA) is 120 Å². The van der Waals surface area contributed by atoms with E-state index in [0.717, 1.165) is 6.42 Å². The molecule has 1 heterocycles. The number of aliphatic hydroxyl groups is 1. The van der Waals surface area contributed by atoms with Gasteiger partial charge in [-0.1, -0.05) is 18.5 Å². The molecule has 0 aliphatic carbocycles. The largest absolute Gasteiger partial charge is 0.491 e. The van der Waals surface area contributed by atoms with Crippen molar-refractivity contribution in [1.29, 1.82) is 0 Å². The summed E-state index contributed by atoms with van der Waals surface area (Å²) in [4.78, 5) is 35.2. The molecule has 1 aromatic carbocycles. The van der Waals surface area contributed by atoms with Crippen LogP contribution in [0.2, 0.25) is 5.02 Å². The zero-order valence-corrected chi connectivity index (χ0v) is 18.2. The highest BCUT2D eigenvalue weighted by Gasteiger charge is 2.12. The molecule has 2 N–H and O–H groups in total. The van der Waals surface area contributed by atoms with Gasteiger partial charge in [0.2, 0.25) is 0 Å². The molecule has 0 spiro atoms. The lowest BCUT2D eigenvalue weighted by molar-refractivity contribution is -0.140. The van der Waals surface area contributed by atoms with Crippen LogP contribution in [0.15, 0.2) is 35.3 Å². The fourth-order valence-electron chi connectivity index (χ4n) is 2.64. The van der Waals surface area contributed by atoms with Crippen molar-refractivity contribution >= 4 is 29.0 Å². The van der Waals surface area contributed by atoms with Gasteiger partial charge < -0.3 is 19.9 Å². The minimum absolute atomic E-state index is 0.0133. The second-order valence-electron chi connectivity index (χ2n) is 6.77. The van der Waals surface area contributed by atoms with Crippen LogP contribution < -0.4 is 15.6 Å². The van der Waals surface area contributed by atoms with Gasteiger partial charge in [-0.25, -0.2) is 4.68 Å². The Morgan fingerprint density at radius 1 is 1.26 bits per heavy atom. The highest BCUT2D eigenvalue weighted by molar-refractivity contribution is 6.32. The van der Waals surface area contributed by atoms with Gasteiger partial charge in [0.05, 0.1) is 25.4 Å². The van der Waals surface area contributed by atoms with Crippen LogP contribution in [0.3, 0.4) is 0 Å². The second kappa shape index (κ2) is 12.1. The number of methoxy groups -OCH3 is 1. The summed E-state index contributed by atoms with van der Waals surface area (Å²) in [6, 6.07) is 6.41. The monoisotopic (exact) mass is 451 g/mol. The number of nitrogens with one attached hydrogen (secondary N) is 1. The van der Waals surface area contributed by atoms with Gasteiger partial charge in [-0.05, 0) is 30.7 Å². The van der Waals surface area contributed by atoms with Gasteiger partial charge in [0, 0.05) is 25.1 Å². The van der Waals surface area contributed by atoms with Crippen LogP contribution >= 0.6 is 11.6 Å². The third kappa shape index (κ3) is 7.37. The minimum atomic E-state index is -0.879. The standard InChI is InChI=1S/C21H26ClN3O6/c1-3-10-25-21(29)20(22)17(12-24-25)23-11-15(26)13-31-16-6-4-14(5-7-16)18(27)8-9-19(28)30-2/h4-7,12,15,23,26H,3,8-11,13H2,1-2H3. The number of rotatable bonds is 12. The number of halogens is 1. The van der Waals surface area contributed by atoms with Crippen LogP contribution in [-0.4, -0.2) is 53.0 Å². The SMILES string of the molecule is CCCn1ncc(NCC(O)COc2ccc(C(=O)CCC(=O)OC)cc2)c(Cl)c1=O. The average Bonchev–Trinajstić information content (AvgIpc) is 2.78. The normalized spacial score (nSPS) is 11.6. The molecule has 0 bridgehead atoms. The van der Waals surface area contributed by atoms with Crippen molar-refractivity contribution < 1.29 is 24.2 Å². The van der Waals surface area contributed by atoms with Crippen molar-refractivity contribution in [2.75, 3.05) is 25.6 Å². The fourth-order valence-corrected chi connectivity index (χ4v) is 2.85. The number of carbonyl (C=O) groups is 2. The predicted molar refractivity (Wildman–Crippen MR) is 116 cm³/mol. The highest BCUT2D eigenvalue weighted by atomic mass is 35.5. The fraction of sp³-hybridized carbons (Fsp3) is 0.429. The molecule has 31 heavy (non-hydrogen) atoms. The Kier molecular flexibility index (Phi) is 9.48. The van der Waals surface area contributed by atoms with Crippen molar-refractivity contribution in [1.82, 2.24) is 9.78 Å². The van der Waals surface area contributed by atoms with Crippen molar-refractivity contribution in [3.05, 3.63) is 51.4 Å². The van der Waals surface area contributed by atoms with Crippen LogP contribution in [0, 0.1) is 0 Å². The molecule has 0 fully saturated rings. The number of ketones is 1. The molecule has 1 atom stereocenters. The Labute approximate surface area is 184 Å². The van der Waals surface area contributed by atoms with Crippen LogP contribution in [0.25, 0.3) is 0 Å². The number of Topliss-reactive ketones (excluding diaryl/α,β-unsaturated/α-hetero) is 1. The molecular weight excluding hydrogens is 426 g/mol. The maximum atomic E-state index is 12.1. The zero-order valence-electron chi connectivity index (χ0n) is 17.5. The molecule has 2 rings (SSSR count). The molecule has 0 aliphatic heterocycles. The van der Waals surface area contributed by atoms with Crippen LogP contribution in [0.4, 0.5) is 5.69 Å². The van der Waals surface area contributed by atoms with E-state index in [1.165, 1.54) is 18.0 Å². The molecule has 0 amide bonds. The van der Waals surface area contributed by atoms with Gasteiger partial charge in [0.1, 0.15) is 23.5 Å². The number of ether oxygens (including phenoxy) is 2. The maximum absolute atomic E-state index is 12.1. The highest BCUT2D eigenvalue weighted by Crippen LogP contribution is 2.16. The lowest BCUT2D eigenvalue weighted by Gasteiger charge is -2.15. The number of nitrogens with zero attached hydrogens (tertiary/aromatic N) is 2. The first kappa shape index (κ1) is 24.4. The van der Waals surface area contributed by atoms with E-state index in [2.05, 4.69) is 15.2 Å². The molecule has 168 valence electrons. The summed E-state index contributed by atoms with van der Waals surface area (Å²) in [5.74, 6) is -0.131. The summed E-state index contributed by atoms with van der Waals surface area (Å²) in [6.45, 7) is 2.50. The predicted octanol–water partition coefficient (Wildman–Crippen LogP) is 2.29. The molecule has 0 radical (unpaired) electrons. The van der Waals surface area contributed by atoms with Crippen molar-refractivity contribution in [2.45, 2.75) is 38.8 Å². The molecule has 0 saturated heterocycles. The molecule has 9 nitrogen and oxygen atoms in total. The van der Waals surface area contributed by atoms with E-state index in [1.807, 2.05) is 6.92 Å². The van der Waals surface area contributed by atoms with Gasteiger partial charge in [0.15, 0.2) is 5.78 Å². The Bertz CT molecular complexity index is 945. The van der Waals surface area contributed by atoms with Crippen molar-refractivity contribution in [3.63, 3.8) is 0 Å². The summed E-state index contributed by atoms with van der Waals surface area (Å²) in [6.07, 6.45) is 1.42. The second-order valence-corrected chi connectivity index (χ2v) is 7.15. The van der Waals surface area contributed by atoms with Gasteiger partial charge in [-0.3, -0.25) is 14.4 Å². The summed E-state index contributed by atoms with van der Waals surface area (Å²) < 4.78 is 11.3. The molecular formula is C21H26ClN3O6. The van der Waals surface area contributed by atoms with E-state index in [1.54, 1.807) is 24.3 Å². The van der Waals surface area contributed by atoms with Gasteiger partial charge in [-0.15, -0.1) is 0 Å². The number of aryl methyl sites for hydroxylation is 1. The van der Waals surface area contributed by atoms with Gasteiger partial charge >= 0.3 is 5.97 Å². The Morgan fingerprint density at radius 2 is 1.97 bits per heavy atom. The number of carbonyl (C=O) groups excluding carboxylic acids is 2. The third-order valence-corrected chi connectivity index (χ3v) is 4.72. The summed E-state index contributed by atoms with van der Waals surface area (Å²) >= 11 is 6.08. The number of aromatic nitrogens is 2. The molecule has 0 saturated carbocycles.